The molecule has 0 aromatic carbocycles. The molecule has 0 aliphatic heterocycles. The lowest BCUT2D eigenvalue weighted by molar-refractivity contribution is -0.161. The summed E-state index contributed by atoms with van der Waals surface area (Å²) in [5, 5.41) is 10.6. The van der Waals surface area contributed by atoms with Crippen molar-refractivity contribution in [3.05, 3.63) is 134 Å². The second kappa shape index (κ2) is 66.8. The van der Waals surface area contributed by atoms with Crippen LogP contribution in [-0.4, -0.2) is 96.7 Å². The predicted octanol–water partition coefficient (Wildman–Crippen LogP) is 19.8. The number of aliphatic hydroxyl groups is 1. The molecule has 0 bridgehead atoms. The van der Waals surface area contributed by atoms with Gasteiger partial charge in [0.25, 0.3) is 0 Å². The number of esters is 4. The summed E-state index contributed by atoms with van der Waals surface area (Å²) in [7, 11) is -9.98. The Balaban J connectivity index is 5.42. The molecule has 0 rings (SSSR count). The number of phosphoric ester groups is 2. The highest BCUT2D eigenvalue weighted by Crippen LogP contribution is 2.45. The maximum absolute atomic E-state index is 13.0. The smallest absolute Gasteiger partial charge is 0.462 e. The minimum Gasteiger partial charge on any atom is -0.462 e. The van der Waals surface area contributed by atoms with E-state index in [9.17, 15) is 43.2 Å². The Morgan fingerprint density at radius 1 is 0.319 bits per heavy atom. The molecule has 5 unspecified atom stereocenters. The van der Waals surface area contributed by atoms with Gasteiger partial charge >= 0.3 is 39.5 Å². The minimum atomic E-state index is -4.99. The largest absolute Gasteiger partial charge is 0.472 e. The van der Waals surface area contributed by atoms with Crippen molar-refractivity contribution in [3.63, 3.8) is 0 Å². The van der Waals surface area contributed by atoms with Crippen LogP contribution in [-0.2, 0) is 65.4 Å². The fourth-order valence-electron chi connectivity index (χ4n) is 8.78. The van der Waals surface area contributed by atoms with Crippen LogP contribution in [0.25, 0.3) is 0 Å². The first-order valence-corrected chi connectivity index (χ1v) is 38.4. The standard InChI is InChI=1S/C75H124O17P2/c1-5-9-13-17-21-25-29-31-33-34-36-38-42-44-48-52-56-60-73(78)86-66-71(92-75(80)62-58-54-50-46-40-28-24-20-16-12-8-4)68-90-94(83,84)88-64-69(76)63-87-93(81,82)89-67-70(91-74(79)61-57-53-49-45-39-27-23-19-15-11-7-3)65-85-72(77)59-55-51-47-43-41-37-35-32-30-26-22-18-14-10-6-2/h9-10,13-14,19,21-23,25-26,31-33,35-36,38,41,43-44,48,51,55,69-71,76H,5-8,11-12,15-18,20,24,27-30,34,37,39-40,42,45-47,49-50,52-54,56-68H2,1-4H3,(H,81,82)(H,83,84)/b13-9-,14-10-,23-19-,25-21-,26-22-,33-31-,35-32-,38-36-,43-41-,48-44-,55-51-. The van der Waals surface area contributed by atoms with Gasteiger partial charge in [-0.25, -0.2) is 9.13 Å². The van der Waals surface area contributed by atoms with Crippen LogP contribution in [0.1, 0.15) is 259 Å². The number of ether oxygens (including phenoxy) is 4. The zero-order valence-corrected chi connectivity index (χ0v) is 59.9. The highest BCUT2D eigenvalue weighted by atomic mass is 31.2. The first-order chi connectivity index (χ1) is 45.7. The molecule has 0 radical (unpaired) electrons. The summed E-state index contributed by atoms with van der Waals surface area (Å²) >= 11 is 0. The Morgan fingerprint density at radius 3 is 1.02 bits per heavy atom. The molecule has 0 amide bonds. The van der Waals surface area contributed by atoms with Crippen molar-refractivity contribution in [1.29, 1.82) is 0 Å². The van der Waals surface area contributed by atoms with E-state index in [1.54, 1.807) is 6.08 Å². The van der Waals surface area contributed by atoms with E-state index in [2.05, 4.69) is 125 Å². The van der Waals surface area contributed by atoms with Crippen molar-refractivity contribution in [2.24, 2.45) is 0 Å². The molecule has 3 N–H and O–H groups in total. The average molecular weight is 1360 g/mol. The highest BCUT2D eigenvalue weighted by Gasteiger charge is 2.30. The molecule has 0 aromatic rings. The number of aliphatic hydroxyl groups excluding tert-OH is 1. The summed E-state index contributed by atoms with van der Waals surface area (Å²) in [6.45, 7) is 4.37. The molecule has 17 nitrogen and oxygen atoms in total. The quantitative estimate of drug-likeness (QED) is 0.0169. The van der Waals surface area contributed by atoms with Crippen LogP contribution >= 0.6 is 15.6 Å². The lowest BCUT2D eigenvalue weighted by Crippen LogP contribution is -2.30. The van der Waals surface area contributed by atoms with Gasteiger partial charge in [0.05, 0.1) is 32.8 Å². The van der Waals surface area contributed by atoms with Gasteiger partial charge in [-0.1, -0.05) is 258 Å². The van der Waals surface area contributed by atoms with Gasteiger partial charge in [0.1, 0.15) is 19.3 Å². The highest BCUT2D eigenvalue weighted by molar-refractivity contribution is 7.47. The number of hydrogen-bond acceptors (Lipinski definition) is 15. The summed E-state index contributed by atoms with van der Waals surface area (Å²) in [5.74, 6) is -2.41. The van der Waals surface area contributed by atoms with Gasteiger partial charge in [-0.3, -0.25) is 37.3 Å². The Hall–Kier alpha value is -4.80. The Labute approximate surface area is 567 Å². The Morgan fingerprint density at radius 2 is 0.617 bits per heavy atom. The van der Waals surface area contributed by atoms with Gasteiger partial charge < -0.3 is 33.8 Å². The Bertz CT molecular complexity index is 2310. The third kappa shape index (κ3) is 65.8. The van der Waals surface area contributed by atoms with Gasteiger partial charge in [-0.2, -0.15) is 0 Å². The molecule has 0 aliphatic rings. The molecule has 0 spiro atoms. The monoisotopic (exact) mass is 1360 g/mol. The number of unbranched alkanes of at least 4 members (excludes halogenated alkanes) is 18. The summed E-state index contributed by atoms with van der Waals surface area (Å²) in [4.78, 5) is 72.5. The molecule has 0 saturated carbocycles. The zero-order valence-electron chi connectivity index (χ0n) is 58.1. The molecule has 0 saturated heterocycles. The van der Waals surface area contributed by atoms with Crippen molar-refractivity contribution in [2.45, 2.75) is 277 Å². The lowest BCUT2D eigenvalue weighted by atomic mass is 10.1. The van der Waals surface area contributed by atoms with Crippen molar-refractivity contribution in [2.75, 3.05) is 39.6 Å². The zero-order chi connectivity index (χ0) is 69.0. The molecular formula is C75H124O17P2. The second-order valence-corrected chi connectivity index (χ2v) is 26.0. The normalized spacial score (nSPS) is 14.8. The summed E-state index contributed by atoms with van der Waals surface area (Å²) < 4.78 is 68.0. The molecule has 0 fully saturated rings. The third-order valence-corrected chi connectivity index (χ3v) is 16.0. The van der Waals surface area contributed by atoms with Crippen molar-refractivity contribution >= 4 is 39.5 Å². The van der Waals surface area contributed by atoms with E-state index in [-0.39, 0.29) is 25.7 Å². The fraction of sp³-hybridized carbons (Fsp3) is 0.653. The average Bonchev–Trinajstić information content (AvgIpc) is 1.32. The maximum atomic E-state index is 13.0. The summed E-state index contributed by atoms with van der Waals surface area (Å²) in [6.07, 6.45) is 72.3. The molecule has 0 aromatic heterocycles. The number of phosphoric acid groups is 2. The van der Waals surface area contributed by atoms with Crippen LogP contribution in [0.3, 0.4) is 0 Å². The third-order valence-electron chi connectivity index (χ3n) is 14.1. The molecule has 0 aliphatic carbocycles. The van der Waals surface area contributed by atoms with Gasteiger partial charge in [-0.15, -0.1) is 0 Å². The second-order valence-electron chi connectivity index (χ2n) is 23.1. The van der Waals surface area contributed by atoms with E-state index < -0.39 is 97.5 Å². The van der Waals surface area contributed by atoms with Crippen LogP contribution in [0.5, 0.6) is 0 Å². The van der Waals surface area contributed by atoms with Gasteiger partial charge in [0.2, 0.25) is 0 Å². The molecule has 94 heavy (non-hydrogen) atoms. The first kappa shape index (κ1) is 89.2. The van der Waals surface area contributed by atoms with Crippen LogP contribution in [0.2, 0.25) is 0 Å². The van der Waals surface area contributed by atoms with Crippen LogP contribution in [0.4, 0.5) is 0 Å². The fourth-order valence-corrected chi connectivity index (χ4v) is 10.4. The maximum Gasteiger partial charge on any atom is 0.472 e. The topological polar surface area (TPSA) is 237 Å². The van der Waals surface area contributed by atoms with Gasteiger partial charge in [0, 0.05) is 19.3 Å². The van der Waals surface area contributed by atoms with E-state index in [1.165, 1.54) is 51.4 Å². The molecule has 19 heteroatoms. The van der Waals surface area contributed by atoms with Gasteiger partial charge in [0.15, 0.2) is 12.2 Å². The van der Waals surface area contributed by atoms with Crippen molar-refractivity contribution < 1.29 is 80.2 Å². The number of carbonyl (C=O) groups excluding carboxylic acids is 4. The molecular weight excluding hydrogens is 1230 g/mol. The van der Waals surface area contributed by atoms with E-state index in [4.69, 9.17) is 37.0 Å². The first-order valence-electron chi connectivity index (χ1n) is 35.4. The Kier molecular flexibility index (Phi) is 63.4. The summed E-state index contributed by atoms with van der Waals surface area (Å²) in [5.41, 5.74) is 0. The lowest BCUT2D eigenvalue weighted by Gasteiger charge is -2.21. The SMILES string of the molecule is CC/C=C\C/C=C\C/C=C\C/C=C\C/C=C\CCCC(=O)OCC(COP(=O)(O)OCC(O)COP(=O)(O)OCC(COC(=O)C/C=C\C/C=C\C/C=C\C/C=C\C/C=C\CC)OC(=O)CCCCCCC/C=C\CCCC)OC(=O)CCCCCCCCCCCCC. The number of allylic oxidation sites excluding steroid dienone is 21. The van der Waals surface area contributed by atoms with E-state index in [1.807, 2.05) is 30.4 Å². The van der Waals surface area contributed by atoms with Crippen LogP contribution in [0.15, 0.2) is 134 Å². The van der Waals surface area contributed by atoms with E-state index in [0.29, 0.717) is 32.1 Å². The molecule has 5 atom stereocenters. The van der Waals surface area contributed by atoms with E-state index >= 15 is 0 Å². The van der Waals surface area contributed by atoms with Crippen molar-refractivity contribution in [1.82, 2.24) is 0 Å². The van der Waals surface area contributed by atoms with Crippen LogP contribution in [0, 0.1) is 0 Å². The predicted molar refractivity (Wildman–Crippen MR) is 381 cm³/mol. The number of carbonyl (C=O) groups is 4. The number of rotatable bonds is 65. The van der Waals surface area contributed by atoms with Crippen LogP contribution < -0.4 is 0 Å². The number of hydrogen-bond donors (Lipinski definition) is 3. The van der Waals surface area contributed by atoms with Gasteiger partial charge in [-0.05, 0) is 109 Å². The summed E-state index contributed by atoms with van der Waals surface area (Å²) in [6, 6.07) is 0. The van der Waals surface area contributed by atoms with Crippen molar-refractivity contribution in [3.8, 4) is 0 Å². The van der Waals surface area contributed by atoms with E-state index in [0.717, 1.165) is 122 Å². The molecule has 536 valence electrons. The molecule has 0 heterocycles. The minimum absolute atomic E-state index is 0.0610.